The van der Waals surface area contributed by atoms with Crippen LogP contribution in [0, 0.1) is 0 Å². The van der Waals surface area contributed by atoms with Gasteiger partial charge in [-0.3, -0.25) is 0 Å². The van der Waals surface area contributed by atoms with E-state index in [1.165, 1.54) is 0 Å². The van der Waals surface area contributed by atoms with E-state index in [4.69, 9.17) is 0 Å². The topological polar surface area (TPSA) is 81.7 Å². The predicted molar refractivity (Wildman–Crippen MR) is 77.8 cm³/mol. The number of amides is 2. The average Bonchev–Trinajstić information content (AvgIpc) is 2.61. The summed E-state index contributed by atoms with van der Waals surface area (Å²) in [6.07, 6.45) is 5.68. The quantitative estimate of drug-likeness (QED) is 0.509. The molecule has 6 nitrogen and oxygen atoms in total. The maximum Gasteiger partial charge on any atom is 0.329 e. The number of urea groups is 1. The van der Waals surface area contributed by atoms with Crippen LogP contribution in [0.3, 0.4) is 0 Å². The predicted octanol–water partition coefficient (Wildman–Crippen LogP) is 1.41. The summed E-state index contributed by atoms with van der Waals surface area (Å²) in [5.74, 6) is -0.914. The van der Waals surface area contributed by atoms with Gasteiger partial charge in [0.25, 0.3) is 0 Å². The standard InChI is InChI=1S/C14H27N3O3/c1-17(2)11-7-10-15-13(20)16-14(12(18)19)8-5-3-4-6-9-14/h3-11H2,1-2H3,(H,18,19)(H2,15,16,20). The van der Waals surface area contributed by atoms with Gasteiger partial charge < -0.3 is 20.6 Å². The van der Waals surface area contributed by atoms with Crippen LogP contribution in [0.1, 0.15) is 44.9 Å². The summed E-state index contributed by atoms with van der Waals surface area (Å²) in [6, 6.07) is -0.368. The van der Waals surface area contributed by atoms with Gasteiger partial charge in [0.2, 0.25) is 0 Å². The molecule has 0 heterocycles. The van der Waals surface area contributed by atoms with E-state index in [1.807, 2.05) is 19.0 Å². The third-order valence-electron chi connectivity index (χ3n) is 3.79. The lowest BCUT2D eigenvalue weighted by molar-refractivity contribution is -0.145. The van der Waals surface area contributed by atoms with Gasteiger partial charge >= 0.3 is 12.0 Å². The van der Waals surface area contributed by atoms with Gasteiger partial charge in [0, 0.05) is 6.54 Å². The first-order valence-corrected chi connectivity index (χ1v) is 7.40. The van der Waals surface area contributed by atoms with Crippen LogP contribution >= 0.6 is 0 Å². The fraction of sp³-hybridized carbons (Fsp3) is 0.857. The van der Waals surface area contributed by atoms with Crippen LogP contribution in [0.15, 0.2) is 0 Å². The molecule has 2 amide bonds. The summed E-state index contributed by atoms with van der Waals surface area (Å²) in [7, 11) is 3.95. The maximum absolute atomic E-state index is 11.9. The number of hydrogen-bond donors (Lipinski definition) is 3. The minimum atomic E-state index is -1.08. The fourth-order valence-electron chi connectivity index (χ4n) is 2.58. The molecule has 0 aromatic rings. The Balaban J connectivity index is 2.44. The highest BCUT2D eigenvalue weighted by Crippen LogP contribution is 2.27. The molecule has 20 heavy (non-hydrogen) atoms. The summed E-state index contributed by atoms with van der Waals surface area (Å²) in [4.78, 5) is 25.5. The lowest BCUT2D eigenvalue weighted by Gasteiger charge is -2.29. The molecule has 3 N–H and O–H groups in total. The molecule has 0 saturated heterocycles. The van der Waals surface area contributed by atoms with Crippen molar-refractivity contribution >= 4 is 12.0 Å². The van der Waals surface area contributed by atoms with E-state index in [0.29, 0.717) is 19.4 Å². The molecule has 0 unspecified atom stereocenters. The van der Waals surface area contributed by atoms with Crippen molar-refractivity contribution in [1.29, 1.82) is 0 Å². The summed E-state index contributed by atoms with van der Waals surface area (Å²) in [6.45, 7) is 1.45. The van der Waals surface area contributed by atoms with E-state index in [-0.39, 0.29) is 6.03 Å². The van der Waals surface area contributed by atoms with Crippen LogP contribution in [-0.4, -0.2) is 54.7 Å². The van der Waals surface area contributed by atoms with Crippen molar-refractivity contribution in [2.24, 2.45) is 0 Å². The van der Waals surface area contributed by atoms with E-state index in [9.17, 15) is 14.7 Å². The zero-order chi connectivity index (χ0) is 15.0. The first kappa shape index (κ1) is 16.8. The first-order valence-electron chi connectivity index (χ1n) is 7.40. The zero-order valence-corrected chi connectivity index (χ0v) is 12.6. The van der Waals surface area contributed by atoms with Gasteiger partial charge in [0.15, 0.2) is 0 Å². The van der Waals surface area contributed by atoms with Crippen LogP contribution in [0.5, 0.6) is 0 Å². The highest BCUT2D eigenvalue weighted by Gasteiger charge is 2.39. The van der Waals surface area contributed by atoms with Crippen LogP contribution < -0.4 is 10.6 Å². The number of carbonyl (C=O) groups is 2. The van der Waals surface area contributed by atoms with Gasteiger partial charge in [0.1, 0.15) is 5.54 Å². The van der Waals surface area contributed by atoms with Gasteiger partial charge in [-0.15, -0.1) is 0 Å². The number of carboxylic acids is 1. The summed E-state index contributed by atoms with van der Waals surface area (Å²) in [5.41, 5.74) is -1.08. The Morgan fingerprint density at radius 2 is 1.75 bits per heavy atom. The molecule has 1 aliphatic rings. The molecular formula is C14H27N3O3. The minimum Gasteiger partial charge on any atom is -0.480 e. The number of aliphatic carboxylic acids is 1. The third kappa shape index (κ3) is 5.36. The lowest BCUT2D eigenvalue weighted by Crippen LogP contribution is -2.57. The molecule has 0 radical (unpaired) electrons. The Labute approximate surface area is 120 Å². The minimum absolute atomic E-state index is 0.368. The average molecular weight is 285 g/mol. The number of rotatable bonds is 6. The largest absolute Gasteiger partial charge is 0.480 e. The maximum atomic E-state index is 11.9. The molecule has 0 aromatic carbocycles. The number of nitrogens with zero attached hydrogens (tertiary/aromatic N) is 1. The summed E-state index contributed by atoms with van der Waals surface area (Å²) < 4.78 is 0. The molecule has 0 spiro atoms. The number of carbonyl (C=O) groups excluding carboxylic acids is 1. The zero-order valence-electron chi connectivity index (χ0n) is 12.6. The molecule has 1 rings (SSSR count). The number of carboxylic acid groups (broad SMARTS) is 1. The van der Waals surface area contributed by atoms with Crippen molar-refractivity contribution in [2.45, 2.75) is 50.5 Å². The number of hydrogen-bond acceptors (Lipinski definition) is 3. The fourth-order valence-corrected chi connectivity index (χ4v) is 2.58. The SMILES string of the molecule is CN(C)CCCNC(=O)NC1(C(=O)O)CCCCCC1. The molecule has 116 valence electrons. The van der Waals surface area contributed by atoms with Crippen LogP contribution in [0.4, 0.5) is 4.79 Å². The van der Waals surface area contributed by atoms with Crippen molar-refractivity contribution in [3.63, 3.8) is 0 Å². The van der Waals surface area contributed by atoms with Gasteiger partial charge in [-0.25, -0.2) is 9.59 Å². The molecule has 0 bridgehead atoms. The van der Waals surface area contributed by atoms with E-state index in [2.05, 4.69) is 10.6 Å². The molecule has 1 aliphatic carbocycles. The van der Waals surface area contributed by atoms with E-state index in [0.717, 1.165) is 38.6 Å². The van der Waals surface area contributed by atoms with Crippen molar-refractivity contribution in [3.05, 3.63) is 0 Å². The second-order valence-electron chi connectivity index (χ2n) is 5.84. The van der Waals surface area contributed by atoms with E-state index in [1.54, 1.807) is 0 Å². The Bertz CT molecular complexity index is 324. The van der Waals surface area contributed by atoms with Crippen LogP contribution in [0.25, 0.3) is 0 Å². The van der Waals surface area contributed by atoms with Crippen LogP contribution in [0.2, 0.25) is 0 Å². The highest BCUT2D eigenvalue weighted by atomic mass is 16.4. The molecule has 0 atom stereocenters. The van der Waals surface area contributed by atoms with Crippen LogP contribution in [-0.2, 0) is 4.79 Å². The van der Waals surface area contributed by atoms with Gasteiger partial charge in [-0.05, 0) is 39.9 Å². The van der Waals surface area contributed by atoms with Crippen molar-refractivity contribution in [1.82, 2.24) is 15.5 Å². The van der Waals surface area contributed by atoms with E-state index < -0.39 is 11.5 Å². The Hall–Kier alpha value is -1.30. The Morgan fingerprint density at radius 1 is 1.15 bits per heavy atom. The Kier molecular flexibility index (Phi) is 6.78. The second-order valence-corrected chi connectivity index (χ2v) is 5.84. The summed E-state index contributed by atoms with van der Waals surface area (Å²) in [5, 5.41) is 14.9. The van der Waals surface area contributed by atoms with Crippen molar-refractivity contribution < 1.29 is 14.7 Å². The normalized spacial score (nSPS) is 18.4. The molecule has 1 fully saturated rings. The Morgan fingerprint density at radius 3 is 2.25 bits per heavy atom. The van der Waals surface area contributed by atoms with Gasteiger partial charge in [-0.1, -0.05) is 25.7 Å². The second kappa shape index (κ2) is 8.09. The van der Waals surface area contributed by atoms with Gasteiger partial charge in [0.05, 0.1) is 0 Å². The highest BCUT2D eigenvalue weighted by molar-refractivity contribution is 5.86. The smallest absolute Gasteiger partial charge is 0.329 e. The molecule has 1 saturated carbocycles. The van der Waals surface area contributed by atoms with Crippen molar-refractivity contribution in [2.75, 3.05) is 27.2 Å². The third-order valence-corrected chi connectivity index (χ3v) is 3.79. The first-order chi connectivity index (χ1) is 9.46. The monoisotopic (exact) mass is 285 g/mol. The summed E-state index contributed by atoms with van der Waals surface area (Å²) >= 11 is 0. The molecule has 6 heteroatoms. The lowest BCUT2D eigenvalue weighted by atomic mass is 9.90. The molecule has 0 aromatic heterocycles. The molecular weight excluding hydrogens is 258 g/mol. The number of nitrogens with one attached hydrogen (secondary N) is 2. The van der Waals surface area contributed by atoms with Crippen molar-refractivity contribution in [3.8, 4) is 0 Å². The van der Waals surface area contributed by atoms with E-state index >= 15 is 0 Å². The van der Waals surface area contributed by atoms with Gasteiger partial charge in [-0.2, -0.15) is 0 Å². The molecule has 0 aliphatic heterocycles.